The van der Waals surface area contributed by atoms with Gasteiger partial charge >= 0.3 is 0 Å². The summed E-state index contributed by atoms with van der Waals surface area (Å²) in [6.45, 7) is 1.44. The zero-order valence-electron chi connectivity index (χ0n) is 15.8. The normalized spacial score (nSPS) is 11.0. The van der Waals surface area contributed by atoms with E-state index in [0.29, 0.717) is 22.2 Å². The molecule has 0 fully saturated rings. The van der Waals surface area contributed by atoms with Gasteiger partial charge in [-0.2, -0.15) is 5.10 Å². The van der Waals surface area contributed by atoms with E-state index in [1.807, 2.05) is 38.4 Å². The topological polar surface area (TPSA) is 66.0 Å². The number of hydrogen-bond donors (Lipinski definition) is 2. The number of H-pyrrole nitrogens is 1. The average molecular weight is 416 g/mol. The summed E-state index contributed by atoms with van der Waals surface area (Å²) in [6, 6.07) is 15.5. The first-order valence-corrected chi connectivity index (χ1v) is 9.61. The molecule has 28 heavy (non-hydrogen) atoms. The van der Waals surface area contributed by atoms with Gasteiger partial charge in [0.05, 0.1) is 0 Å². The summed E-state index contributed by atoms with van der Waals surface area (Å²) >= 11 is 11.2. The number of aromatic nitrogens is 3. The molecule has 1 heterocycles. The third-order valence-corrected chi connectivity index (χ3v) is 4.74. The lowest BCUT2D eigenvalue weighted by Crippen LogP contribution is -2.27. The lowest BCUT2D eigenvalue weighted by Gasteiger charge is -2.11. The van der Waals surface area contributed by atoms with Gasteiger partial charge < -0.3 is 10.2 Å². The molecule has 1 aromatic heterocycles. The second kappa shape index (κ2) is 9.14. The molecule has 3 aromatic rings. The van der Waals surface area contributed by atoms with Gasteiger partial charge in [-0.05, 0) is 61.7 Å². The average Bonchev–Trinajstić information content (AvgIpc) is 3.02. The third kappa shape index (κ3) is 5.28. The Hall–Kier alpha value is -2.48. The Kier molecular flexibility index (Phi) is 6.61. The molecule has 2 N–H and O–H groups in total. The maximum atomic E-state index is 12.4. The summed E-state index contributed by atoms with van der Waals surface area (Å²) in [7, 11) is 4.07. The Balaban J connectivity index is 1.63. The van der Waals surface area contributed by atoms with E-state index in [4.69, 9.17) is 23.8 Å². The second-order valence-electron chi connectivity index (χ2n) is 6.78. The van der Waals surface area contributed by atoms with E-state index in [9.17, 15) is 4.79 Å². The number of amides is 1. The maximum Gasteiger partial charge on any atom is 0.240 e. The number of nitrogens with one attached hydrogen (secondary N) is 2. The highest BCUT2D eigenvalue weighted by atomic mass is 35.5. The SMILES string of the molecule is CN(C)Cc1ccc(CNC(=O)Cn2c(-c3ccc(Cl)cc3)n[nH]c2=S)cc1. The molecule has 0 saturated heterocycles. The molecular weight excluding hydrogens is 394 g/mol. The first kappa shape index (κ1) is 20.3. The number of halogens is 1. The van der Waals surface area contributed by atoms with Gasteiger partial charge in [0, 0.05) is 23.7 Å². The smallest absolute Gasteiger partial charge is 0.240 e. The van der Waals surface area contributed by atoms with Crippen LogP contribution in [-0.4, -0.2) is 39.7 Å². The molecule has 0 spiro atoms. The predicted molar refractivity (Wildman–Crippen MR) is 114 cm³/mol. The van der Waals surface area contributed by atoms with Crippen LogP contribution in [0.2, 0.25) is 5.02 Å². The van der Waals surface area contributed by atoms with Gasteiger partial charge in [0.15, 0.2) is 10.6 Å². The molecule has 0 aliphatic rings. The second-order valence-corrected chi connectivity index (χ2v) is 7.60. The Morgan fingerprint density at radius 3 is 2.43 bits per heavy atom. The van der Waals surface area contributed by atoms with Crippen molar-refractivity contribution in [1.29, 1.82) is 0 Å². The van der Waals surface area contributed by atoms with Gasteiger partial charge in [0.25, 0.3) is 0 Å². The van der Waals surface area contributed by atoms with Gasteiger partial charge in [0.2, 0.25) is 5.91 Å². The standard InChI is InChI=1S/C20H22ClN5OS/c1-25(2)12-15-5-3-14(4-6-15)11-22-18(27)13-26-19(23-24-20(26)28)16-7-9-17(21)10-8-16/h3-10H,11-13H2,1-2H3,(H,22,27)(H,24,28). The number of carbonyl (C=O) groups excluding carboxylic acids is 1. The van der Waals surface area contributed by atoms with Gasteiger partial charge in [0.1, 0.15) is 6.54 Å². The van der Waals surface area contributed by atoms with E-state index in [1.165, 1.54) is 5.56 Å². The van der Waals surface area contributed by atoms with Crippen molar-refractivity contribution in [3.05, 3.63) is 69.5 Å². The van der Waals surface area contributed by atoms with Crippen molar-refractivity contribution in [3.8, 4) is 11.4 Å². The van der Waals surface area contributed by atoms with Crippen LogP contribution >= 0.6 is 23.8 Å². The Morgan fingerprint density at radius 2 is 1.79 bits per heavy atom. The summed E-state index contributed by atoms with van der Waals surface area (Å²) in [4.78, 5) is 14.6. The zero-order chi connectivity index (χ0) is 20.1. The minimum absolute atomic E-state index is 0.0893. The summed E-state index contributed by atoms with van der Waals surface area (Å²) in [5.74, 6) is 0.468. The van der Waals surface area contributed by atoms with Crippen LogP contribution in [-0.2, 0) is 24.4 Å². The van der Waals surface area contributed by atoms with Gasteiger partial charge in [-0.25, -0.2) is 0 Å². The van der Waals surface area contributed by atoms with E-state index in [0.717, 1.165) is 17.7 Å². The minimum Gasteiger partial charge on any atom is -0.350 e. The Labute approximate surface area is 174 Å². The molecule has 0 atom stereocenters. The summed E-state index contributed by atoms with van der Waals surface area (Å²) < 4.78 is 2.07. The van der Waals surface area contributed by atoms with Crippen LogP contribution in [0.5, 0.6) is 0 Å². The quantitative estimate of drug-likeness (QED) is 0.578. The van der Waals surface area contributed by atoms with Crippen molar-refractivity contribution < 1.29 is 4.79 Å². The highest BCUT2D eigenvalue weighted by molar-refractivity contribution is 7.71. The minimum atomic E-state index is -0.134. The molecule has 0 radical (unpaired) electrons. The van der Waals surface area contributed by atoms with Crippen LogP contribution in [0.25, 0.3) is 11.4 Å². The van der Waals surface area contributed by atoms with Crippen molar-refractivity contribution in [2.45, 2.75) is 19.6 Å². The molecule has 8 heteroatoms. The zero-order valence-corrected chi connectivity index (χ0v) is 17.3. The van der Waals surface area contributed by atoms with E-state index < -0.39 is 0 Å². The molecule has 3 rings (SSSR count). The first-order chi connectivity index (χ1) is 13.4. The number of rotatable bonds is 7. The summed E-state index contributed by atoms with van der Waals surface area (Å²) in [5.41, 5.74) is 3.11. The van der Waals surface area contributed by atoms with Crippen LogP contribution in [0.4, 0.5) is 0 Å². The van der Waals surface area contributed by atoms with E-state index in [2.05, 4.69) is 32.5 Å². The fourth-order valence-corrected chi connectivity index (χ4v) is 3.13. The predicted octanol–water partition coefficient (Wildman–Crippen LogP) is 3.64. The molecule has 2 aromatic carbocycles. The molecule has 146 valence electrons. The van der Waals surface area contributed by atoms with Crippen molar-refractivity contribution in [2.75, 3.05) is 14.1 Å². The van der Waals surface area contributed by atoms with Crippen LogP contribution < -0.4 is 5.32 Å². The number of aromatic amines is 1. The Morgan fingerprint density at radius 1 is 1.14 bits per heavy atom. The van der Waals surface area contributed by atoms with Gasteiger partial charge in [-0.1, -0.05) is 35.9 Å². The van der Waals surface area contributed by atoms with Gasteiger partial charge in [-0.3, -0.25) is 14.5 Å². The molecule has 1 amide bonds. The Bertz CT molecular complexity index is 993. The summed E-state index contributed by atoms with van der Waals surface area (Å²) in [5, 5.41) is 10.6. The molecule has 0 aliphatic heterocycles. The van der Waals surface area contributed by atoms with Crippen LogP contribution in [0.1, 0.15) is 11.1 Å². The van der Waals surface area contributed by atoms with Gasteiger partial charge in [-0.15, -0.1) is 0 Å². The first-order valence-electron chi connectivity index (χ1n) is 8.83. The molecular formula is C20H22ClN5OS. The monoisotopic (exact) mass is 415 g/mol. The van der Waals surface area contributed by atoms with E-state index in [1.54, 1.807) is 16.7 Å². The number of hydrogen-bond acceptors (Lipinski definition) is 4. The largest absolute Gasteiger partial charge is 0.350 e. The highest BCUT2D eigenvalue weighted by Gasteiger charge is 2.12. The number of benzene rings is 2. The number of carbonyl (C=O) groups is 1. The number of nitrogens with zero attached hydrogens (tertiary/aromatic N) is 3. The molecule has 6 nitrogen and oxygen atoms in total. The van der Waals surface area contributed by atoms with Crippen molar-refractivity contribution in [2.24, 2.45) is 0 Å². The molecule has 0 unspecified atom stereocenters. The maximum absolute atomic E-state index is 12.4. The lowest BCUT2D eigenvalue weighted by molar-refractivity contribution is -0.121. The fourth-order valence-electron chi connectivity index (χ4n) is 2.81. The van der Waals surface area contributed by atoms with E-state index in [-0.39, 0.29) is 12.5 Å². The fraction of sp³-hybridized carbons (Fsp3) is 0.250. The van der Waals surface area contributed by atoms with Crippen LogP contribution in [0.15, 0.2) is 48.5 Å². The van der Waals surface area contributed by atoms with Crippen molar-refractivity contribution in [1.82, 2.24) is 25.0 Å². The molecule has 0 bridgehead atoms. The van der Waals surface area contributed by atoms with E-state index >= 15 is 0 Å². The molecule has 0 aliphatic carbocycles. The van der Waals surface area contributed by atoms with Crippen LogP contribution in [0, 0.1) is 4.77 Å². The highest BCUT2D eigenvalue weighted by Crippen LogP contribution is 2.19. The summed E-state index contributed by atoms with van der Waals surface area (Å²) in [6.07, 6.45) is 0. The lowest BCUT2D eigenvalue weighted by atomic mass is 10.1. The molecule has 0 saturated carbocycles. The van der Waals surface area contributed by atoms with Crippen molar-refractivity contribution >= 4 is 29.7 Å². The third-order valence-electron chi connectivity index (χ3n) is 4.17. The van der Waals surface area contributed by atoms with Crippen LogP contribution in [0.3, 0.4) is 0 Å². The van der Waals surface area contributed by atoms with Crippen molar-refractivity contribution in [3.63, 3.8) is 0 Å².